The Morgan fingerprint density at radius 3 is 2.34 bits per heavy atom. The second-order valence-corrected chi connectivity index (χ2v) is 10.2. The summed E-state index contributed by atoms with van der Waals surface area (Å²) in [5, 5.41) is 12.3. The van der Waals surface area contributed by atoms with Crippen LogP contribution >= 0.6 is 11.8 Å². The highest BCUT2D eigenvalue weighted by molar-refractivity contribution is 7.99. The molecule has 0 saturated carbocycles. The van der Waals surface area contributed by atoms with Crippen LogP contribution in [-0.4, -0.2) is 64.7 Å². The highest BCUT2D eigenvalue weighted by Gasteiger charge is 2.36. The quantitative estimate of drug-likeness (QED) is 0.558. The van der Waals surface area contributed by atoms with E-state index in [0.717, 1.165) is 27.8 Å². The largest absolute Gasteiger partial charge is 0.480 e. The van der Waals surface area contributed by atoms with E-state index in [1.54, 1.807) is 0 Å². The van der Waals surface area contributed by atoms with Crippen molar-refractivity contribution in [3.8, 4) is 11.1 Å². The van der Waals surface area contributed by atoms with Crippen LogP contribution in [0.3, 0.4) is 0 Å². The van der Waals surface area contributed by atoms with E-state index >= 15 is 0 Å². The third kappa shape index (κ3) is 5.53. The molecule has 7 nitrogen and oxygen atoms in total. The van der Waals surface area contributed by atoms with Gasteiger partial charge in [-0.15, -0.1) is 0 Å². The van der Waals surface area contributed by atoms with Crippen LogP contribution in [0.2, 0.25) is 0 Å². The molecule has 35 heavy (non-hydrogen) atoms. The molecule has 184 valence electrons. The minimum Gasteiger partial charge on any atom is -0.480 e. The number of alkyl carbamates (subject to hydrolysis) is 1. The molecule has 1 fully saturated rings. The first-order valence-corrected chi connectivity index (χ1v) is 12.9. The summed E-state index contributed by atoms with van der Waals surface area (Å²) < 4.78 is 5.63. The maximum atomic E-state index is 13.3. The highest BCUT2D eigenvalue weighted by atomic mass is 32.2. The Labute approximate surface area is 209 Å². The second kappa shape index (κ2) is 11.0. The van der Waals surface area contributed by atoms with E-state index in [4.69, 9.17) is 4.74 Å². The van der Waals surface area contributed by atoms with Crippen LogP contribution in [0.1, 0.15) is 37.3 Å². The summed E-state index contributed by atoms with van der Waals surface area (Å²) in [6.45, 7) is 4.29. The summed E-state index contributed by atoms with van der Waals surface area (Å²) in [5.74, 6) is -0.524. The maximum Gasteiger partial charge on any atom is 0.407 e. The fourth-order valence-corrected chi connectivity index (χ4v) is 5.67. The van der Waals surface area contributed by atoms with Crippen molar-refractivity contribution in [2.24, 2.45) is 0 Å². The number of nitrogens with zero attached hydrogens (tertiary/aromatic N) is 1. The second-order valence-electron chi connectivity index (χ2n) is 9.00. The van der Waals surface area contributed by atoms with Gasteiger partial charge in [-0.05, 0) is 42.5 Å². The molecule has 0 aromatic heterocycles. The number of amides is 2. The van der Waals surface area contributed by atoms with E-state index in [-0.39, 0.29) is 18.9 Å². The first kappa shape index (κ1) is 24.9. The summed E-state index contributed by atoms with van der Waals surface area (Å²) in [5.41, 5.74) is 5.48. The molecule has 4 rings (SSSR count). The molecule has 1 aliphatic carbocycles. The van der Waals surface area contributed by atoms with Gasteiger partial charge in [-0.3, -0.25) is 4.79 Å². The number of carboxylic acids is 1. The molecular weight excluding hydrogens is 464 g/mol. The Morgan fingerprint density at radius 2 is 1.74 bits per heavy atom. The normalized spacial score (nSPS) is 17.7. The number of rotatable bonds is 7. The van der Waals surface area contributed by atoms with E-state index in [0.29, 0.717) is 18.1 Å². The number of hydrogen-bond donors (Lipinski definition) is 2. The topological polar surface area (TPSA) is 95.9 Å². The van der Waals surface area contributed by atoms with E-state index in [2.05, 4.69) is 17.4 Å². The van der Waals surface area contributed by atoms with Crippen molar-refractivity contribution in [3.63, 3.8) is 0 Å². The van der Waals surface area contributed by atoms with E-state index < -0.39 is 30.1 Å². The van der Waals surface area contributed by atoms with E-state index in [1.165, 1.54) is 16.7 Å². The van der Waals surface area contributed by atoms with Gasteiger partial charge in [0, 0.05) is 24.0 Å². The Hall–Kier alpha value is -3.26. The molecule has 1 aliphatic heterocycles. The molecule has 2 atom stereocenters. The molecule has 2 amide bonds. The fourth-order valence-electron chi connectivity index (χ4n) is 4.63. The van der Waals surface area contributed by atoms with Crippen LogP contribution in [0.25, 0.3) is 11.1 Å². The molecule has 8 heteroatoms. The number of aliphatic carboxylic acids is 1. The number of carbonyl (C=O) groups excluding carboxylic acids is 2. The number of ether oxygens (including phenoxy) is 1. The number of allylic oxidation sites excluding steroid dienone is 1. The van der Waals surface area contributed by atoms with Crippen molar-refractivity contribution in [1.29, 1.82) is 0 Å². The van der Waals surface area contributed by atoms with Crippen LogP contribution in [0, 0.1) is 0 Å². The molecule has 1 heterocycles. The van der Waals surface area contributed by atoms with Crippen LogP contribution < -0.4 is 5.32 Å². The number of thioether (sulfide) groups is 1. The van der Waals surface area contributed by atoms with Gasteiger partial charge in [-0.25, -0.2) is 9.59 Å². The van der Waals surface area contributed by atoms with Gasteiger partial charge in [-0.2, -0.15) is 11.8 Å². The van der Waals surface area contributed by atoms with Gasteiger partial charge in [0.25, 0.3) is 0 Å². The van der Waals surface area contributed by atoms with E-state index in [9.17, 15) is 19.5 Å². The lowest BCUT2D eigenvalue weighted by molar-refractivity contribution is -0.150. The van der Waals surface area contributed by atoms with Crippen molar-refractivity contribution in [2.75, 3.05) is 24.7 Å². The average Bonchev–Trinajstić information content (AvgIpc) is 3.18. The molecule has 0 bridgehead atoms. The van der Waals surface area contributed by atoms with Crippen LogP contribution in [0.5, 0.6) is 0 Å². The SMILES string of the molecule is CC(C)=CCC(NC(=O)OCC1c2ccccc2-c2ccccc21)C(=O)N1CCSCC1C(=O)O. The van der Waals surface area contributed by atoms with Crippen molar-refractivity contribution in [2.45, 2.75) is 38.3 Å². The van der Waals surface area contributed by atoms with Crippen LogP contribution in [0.15, 0.2) is 60.2 Å². The average molecular weight is 495 g/mol. The van der Waals surface area contributed by atoms with Gasteiger partial charge in [0.2, 0.25) is 5.91 Å². The number of hydrogen-bond acceptors (Lipinski definition) is 5. The predicted molar refractivity (Wildman–Crippen MR) is 137 cm³/mol. The van der Waals surface area contributed by atoms with Gasteiger partial charge in [0.05, 0.1) is 0 Å². The first-order valence-electron chi connectivity index (χ1n) is 11.7. The predicted octanol–water partition coefficient (Wildman–Crippen LogP) is 4.28. The molecule has 2 aromatic rings. The van der Waals surface area contributed by atoms with Gasteiger partial charge < -0.3 is 20.1 Å². The summed E-state index contributed by atoms with van der Waals surface area (Å²) in [4.78, 5) is 39.2. The zero-order valence-corrected chi connectivity index (χ0v) is 20.7. The number of nitrogens with one attached hydrogen (secondary N) is 1. The van der Waals surface area contributed by atoms with Crippen molar-refractivity contribution in [1.82, 2.24) is 10.2 Å². The Bertz CT molecular complexity index is 1100. The van der Waals surface area contributed by atoms with Gasteiger partial charge in [-0.1, -0.05) is 60.2 Å². The maximum absolute atomic E-state index is 13.3. The number of carbonyl (C=O) groups is 3. The highest BCUT2D eigenvalue weighted by Crippen LogP contribution is 2.44. The monoisotopic (exact) mass is 494 g/mol. The molecule has 2 unspecified atom stereocenters. The molecular formula is C27H30N2O5S. The third-order valence-electron chi connectivity index (χ3n) is 6.39. The van der Waals surface area contributed by atoms with Crippen LogP contribution in [0.4, 0.5) is 4.79 Å². The zero-order valence-electron chi connectivity index (χ0n) is 19.9. The summed E-state index contributed by atoms with van der Waals surface area (Å²) in [7, 11) is 0. The van der Waals surface area contributed by atoms with Crippen molar-refractivity contribution < 1.29 is 24.2 Å². The number of fused-ring (bicyclic) bond motifs is 3. The summed E-state index contributed by atoms with van der Waals surface area (Å²) in [6.07, 6.45) is 1.44. The fraction of sp³-hybridized carbons (Fsp3) is 0.370. The van der Waals surface area contributed by atoms with E-state index in [1.807, 2.05) is 56.3 Å². The Balaban J connectivity index is 1.46. The molecule has 1 saturated heterocycles. The minimum absolute atomic E-state index is 0.0874. The Kier molecular flexibility index (Phi) is 7.80. The molecule has 2 aliphatic rings. The lowest BCUT2D eigenvalue weighted by Gasteiger charge is -2.35. The summed E-state index contributed by atoms with van der Waals surface area (Å²) >= 11 is 1.51. The number of carboxylic acid groups (broad SMARTS) is 1. The van der Waals surface area contributed by atoms with Crippen LogP contribution in [-0.2, 0) is 14.3 Å². The van der Waals surface area contributed by atoms with Gasteiger partial charge in [0.15, 0.2) is 0 Å². The minimum atomic E-state index is -1.03. The van der Waals surface area contributed by atoms with Gasteiger partial charge in [0.1, 0.15) is 18.7 Å². The lowest BCUT2D eigenvalue weighted by atomic mass is 9.98. The van der Waals surface area contributed by atoms with Gasteiger partial charge >= 0.3 is 12.1 Å². The smallest absolute Gasteiger partial charge is 0.407 e. The molecule has 2 N–H and O–H groups in total. The molecule has 0 radical (unpaired) electrons. The zero-order chi connectivity index (χ0) is 24.9. The first-order chi connectivity index (χ1) is 16.9. The van der Waals surface area contributed by atoms with Crippen molar-refractivity contribution in [3.05, 3.63) is 71.3 Å². The summed E-state index contributed by atoms with van der Waals surface area (Å²) in [6, 6.07) is 14.4. The molecule has 2 aromatic carbocycles. The Morgan fingerprint density at radius 1 is 1.11 bits per heavy atom. The lowest BCUT2D eigenvalue weighted by Crippen LogP contribution is -2.56. The van der Waals surface area contributed by atoms with Crippen molar-refractivity contribution >= 4 is 29.7 Å². The standard InChI is InChI=1S/C27H30N2O5S/c1-17(2)11-12-23(25(30)29-13-14-35-16-24(29)26(31)32)28-27(33)34-15-22-20-9-5-3-7-18(20)19-8-4-6-10-21(19)22/h3-11,22-24H,12-16H2,1-2H3,(H,28,33)(H,31,32). The number of benzene rings is 2. The third-order valence-corrected chi connectivity index (χ3v) is 7.41. The molecule has 0 spiro atoms.